The molecule has 124 valence electrons. The molecule has 0 atom stereocenters. The Bertz CT molecular complexity index is 953. The molecule has 6 heteroatoms. The largest absolute Gasteiger partial charge is 0.347 e. The number of pyridine rings is 1. The van der Waals surface area contributed by atoms with Crippen molar-refractivity contribution in [3.8, 4) is 0 Å². The lowest BCUT2D eigenvalue weighted by molar-refractivity contribution is 0.0946. The zero-order valence-electron chi connectivity index (χ0n) is 13.5. The van der Waals surface area contributed by atoms with Crippen molar-refractivity contribution in [3.63, 3.8) is 0 Å². The number of hydrogen-bond acceptors (Lipinski definition) is 3. The molecule has 0 saturated heterocycles. The van der Waals surface area contributed by atoms with Crippen LogP contribution in [0.15, 0.2) is 73.6 Å². The van der Waals surface area contributed by atoms with Gasteiger partial charge in [-0.15, -0.1) is 0 Å². The van der Waals surface area contributed by atoms with Gasteiger partial charge in [-0.05, 0) is 23.3 Å². The summed E-state index contributed by atoms with van der Waals surface area (Å²) in [5.41, 5.74) is 3.42. The SMILES string of the molecule is O=C(NCc1ccc(Cn2ccnc2)cc1)c1cn2ccccc2n1. The van der Waals surface area contributed by atoms with Gasteiger partial charge in [0.05, 0.1) is 6.33 Å². The second kappa shape index (κ2) is 6.60. The predicted molar refractivity (Wildman–Crippen MR) is 94.1 cm³/mol. The molecule has 0 spiro atoms. The van der Waals surface area contributed by atoms with Gasteiger partial charge < -0.3 is 14.3 Å². The van der Waals surface area contributed by atoms with Crippen molar-refractivity contribution >= 4 is 11.6 Å². The smallest absolute Gasteiger partial charge is 0.271 e. The van der Waals surface area contributed by atoms with Crippen molar-refractivity contribution in [2.75, 3.05) is 0 Å². The maximum absolute atomic E-state index is 12.3. The van der Waals surface area contributed by atoms with Crippen molar-refractivity contribution in [3.05, 3.63) is 90.4 Å². The number of carbonyl (C=O) groups excluding carboxylic acids is 1. The molecule has 0 bridgehead atoms. The molecular formula is C19H17N5O. The fourth-order valence-corrected chi connectivity index (χ4v) is 2.67. The number of amides is 1. The number of aromatic nitrogens is 4. The van der Waals surface area contributed by atoms with Crippen molar-refractivity contribution in [2.45, 2.75) is 13.1 Å². The highest BCUT2D eigenvalue weighted by atomic mass is 16.1. The van der Waals surface area contributed by atoms with Gasteiger partial charge in [-0.3, -0.25) is 4.79 Å². The van der Waals surface area contributed by atoms with E-state index in [1.165, 1.54) is 5.56 Å². The molecule has 1 aromatic carbocycles. The summed E-state index contributed by atoms with van der Waals surface area (Å²) in [4.78, 5) is 20.6. The molecule has 0 fully saturated rings. The third kappa shape index (κ3) is 3.42. The highest BCUT2D eigenvalue weighted by Crippen LogP contribution is 2.08. The van der Waals surface area contributed by atoms with Crippen LogP contribution in [0.5, 0.6) is 0 Å². The third-order valence-electron chi connectivity index (χ3n) is 4.00. The first-order chi connectivity index (χ1) is 12.3. The lowest BCUT2D eigenvalue weighted by Gasteiger charge is -2.06. The highest BCUT2D eigenvalue weighted by molar-refractivity contribution is 5.92. The number of hydrogen-bond donors (Lipinski definition) is 1. The lowest BCUT2D eigenvalue weighted by atomic mass is 10.1. The number of fused-ring (bicyclic) bond motifs is 1. The summed E-state index contributed by atoms with van der Waals surface area (Å²) in [5.74, 6) is -0.175. The molecule has 0 aliphatic heterocycles. The lowest BCUT2D eigenvalue weighted by Crippen LogP contribution is -2.23. The zero-order valence-corrected chi connectivity index (χ0v) is 13.5. The van der Waals surface area contributed by atoms with Crippen LogP contribution in [0.4, 0.5) is 0 Å². The summed E-state index contributed by atoms with van der Waals surface area (Å²) in [7, 11) is 0. The van der Waals surface area contributed by atoms with Crippen LogP contribution in [0.3, 0.4) is 0 Å². The van der Waals surface area contributed by atoms with E-state index in [0.717, 1.165) is 17.8 Å². The molecule has 25 heavy (non-hydrogen) atoms. The Morgan fingerprint density at radius 3 is 2.64 bits per heavy atom. The standard InChI is InChI=1S/C19H17N5O/c25-19(17-13-24-9-2-1-3-18(24)22-17)21-11-15-4-6-16(7-5-15)12-23-10-8-20-14-23/h1-10,13-14H,11-12H2,(H,21,25). The number of nitrogens with zero attached hydrogens (tertiary/aromatic N) is 4. The van der Waals surface area contributed by atoms with Crippen molar-refractivity contribution in [2.24, 2.45) is 0 Å². The van der Waals surface area contributed by atoms with Gasteiger partial charge in [-0.1, -0.05) is 30.3 Å². The fourth-order valence-electron chi connectivity index (χ4n) is 2.67. The van der Waals surface area contributed by atoms with Crippen LogP contribution < -0.4 is 5.32 Å². The molecule has 0 unspecified atom stereocenters. The molecule has 1 N–H and O–H groups in total. The second-order valence-electron chi connectivity index (χ2n) is 5.83. The molecule has 1 amide bonds. The monoisotopic (exact) mass is 331 g/mol. The average molecular weight is 331 g/mol. The van der Waals surface area contributed by atoms with Gasteiger partial charge >= 0.3 is 0 Å². The molecule has 6 nitrogen and oxygen atoms in total. The van der Waals surface area contributed by atoms with Crippen LogP contribution in [-0.4, -0.2) is 24.8 Å². The van der Waals surface area contributed by atoms with E-state index in [1.54, 1.807) is 18.7 Å². The van der Waals surface area contributed by atoms with E-state index in [4.69, 9.17) is 0 Å². The van der Waals surface area contributed by atoms with Gasteiger partial charge in [0.1, 0.15) is 11.3 Å². The van der Waals surface area contributed by atoms with Gasteiger partial charge in [0.25, 0.3) is 5.91 Å². The van der Waals surface area contributed by atoms with E-state index in [1.807, 2.05) is 51.7 Å². The minimum absolute atomic E-state index is 0.175. The van der Waals surface area contributed by atoms with Crippen LogP contribution in [0.25, 0.3) is 5.65 Å². The number of nitrogens with one attached hydrogen (secondary N) is 1. The minimum atomic E-state index is -0.175. The number of carbonyl (C=O) groups is 1. The maximum atomic E-state index is 12.3. The van der Waals surface area contributed by atoms with Gasteiger partial charge in [0.2, 0.25) is 0 Å². The fraction of sp³-hybridized carbons (Fsp3) is 0.105. The Morgan fingerprint density at radius 2 is 1.88 bits per heavy atom. The number of benzene rings is 1. The topological polar surface area (TPSA) is 64.2 Å². The molecular weight excluding hydrogens is 314 g/mol. The molecule has 0 saturated carbocycles. The van der Waals surface area contributed by atoms with Gasteiger partial charge in [0.15, 0.2) is 0 Å². The summed E-state index contributed by atoms with van der Waals surface area (Å²) in [6.07, 6.45) is 9.10. The van der Waals surface area contributed by atoms with Crippen LogP contribution in [-0.2, 0) is 13.1 Å². The first kappa shape index (κ1) is 15.1. The van der Waals surface area contributed by atoms with Gasteiger partial charge in [-0.25, -0.2) is 9.97 Å². The Balaban J connectivity index is 1.38. The molecule has 0 aliphatic carbocycles. The number of rotatable bonds is 5. The zero-order chi connectivity index (χ0) is 17.1. The molecule has 0 aliphatic rings. The van der Waals surface area contributed by atoms with E-state index < -0.39 is 0 Å². The molecule has 4 rings (SSSR count). The second-order valence-corrected chi connectivity index (χ2v) is 5.83. The molecule has 0 radical (unpaired) electrons. The van der Waals surface area contributed by atoms with Crippen LogP contribution >= 0.6 is 0 Å². The molecule has 3 heterocycles. The normalized spacial score (nSPS) is 10.9. The summed E-state index contributed by atoms with van der Waals surface area (Å²) >= 11 is 0. The van der Waals surface area contributed by atoms with Crippen molar-refractivity contribution < 1.29 is 4.79 Å². The Morgan fingerprint density at radius 1 is 1.04 bits per heavy atom. The highest BCUT2D eigenvalue weighted by Gasteiger charge is 2.10. The van der Waals surface area contributed by atoms with Crippen molar-refractivity contribution in [1.29, 1.82) is 0 Å². The minimum Gasteiger partial charge on any atom is -0.347 e. The molecule has 4 aromatic rings. The first-order valence-electron chi connectivity index (χ1n) is 8.03. The Kier molecular flexibility index (Phi) is 4.00. The van der Waals surface area contributed by atoms with E-state index in [0.29, 0.717) is 12.2 Å². The maximum Gasteiger partial charge on any atom is 0.271 e. The van der Waals surface area contributed by atoms with E-state index in [2.05, 4.69) is 27.4 Å². The third-order valence-corrected chi connectivity index (χ3v) is 4.00. The van der Waals surface area contributed by atoms with Crippen LogP contribution in [0.2, 0.25) is 0 Å². The summed E-state index contributed by atoms with van der Waals surface area (Å²) < 4.78 is 3.85. The summed E-state index contributed by atoms with van der Waals surface area (Å²) in [6, 6.07) is 13.8. The van der Waals surface area contributed by atoms with Crippen LogP contribution in [0.1, 0.15) is 21.6 Å². The quantitative estimate of drug-likeness (QED) is 0.611. The number of imidazole rings is 2. The van der Waals surface area contributed by atoms with E-state index in [-0.39, 0.29) is 5.91 Å². The van der Waals surface area contributed by atoms with Gasteiger partial charge in [0, 0.05) is 37.9 Å². The van der Waals surface area contributed by atoms with Crippen molar-refractivity contribution in [1.82, 2.24) is 24.3 Å². The Labute approximate surface area is 144 Å². The van der Waals surface area contributed by atoms with Gasteiger partial charge in [-0.2, -0.15) is 0 Å². The molecule has 3 aromatic heterocycles. The predicted octanol–water partition coefficient (Wildman–Crippen LogP) is 2.51. The van der Waals surface area contributed by atoms with E-state index in [9.17, 15) is 4.79 Å². The summed E-state index contributed by atoms with van der Waals surface area (Å²) in [6.45, 7) is 1.26. The van der Waals surface area contributed by atoms with E-state index >= 15 is 0 Å². The average Bonchev–Trinajstić information content (AvgIpc) is 3.30. The Hall–Kier alpha value is -3.41. The first-order valence-corrected chi connectivity index (χ1v) is 8.03. The summed E-state index contributed by atoms with van der Waals surface area (Å²) in [5, 5.41) is 2.91. The van der Waals surface area contributed by atoms with Crippen LogP contribution in [0, 0.1) is 0 Å².